The van der Waals surface area contributed by atoms with Crippen molar-refractivity contribution in [3.05, 3.63) is 76.3 Å². The third-order valence-electron chi connectivity index (χ3n) is 5.00. The van der Waals surface area contributed by atoms with E-state index in [1.54, 1.807) is 44.7 Å². The number of rotatable bonds is 10. The van der Waals surface area contributed by atoms with Crippen LogP contribution in [-0.4, -0.2) is 39.2 Å². The molecule has 1 aromatic heterocycles. The molecule has 0 aliphatic carbocycles. The summed E-state index contributed by atoms with van der Waals surface area (Å²) in [4.78, 5) is 9.21. The van der Waals surface area contributed by atoms with Gasteiger partial charge in [0.25, 0.3) is 0 Å². The summed E-state index contributed by atoms with van der Waals surface area (Å²) in [6.45, 7) is 4.26. The van der Waals surface area contributed by atoms with Gasteiger partial charge in [0.1, 0.15) is 17.3 Å². The minimum Gasteiger partial charge on any atom is -0.497 e. The number of halogens is 1. The number of nitrogens with zero attached hydrogens (tertiary/aromatic N) is 2. The molecule has 0 radical (unpaired) electrons. The van der Waals surface area contributed by atoms with Gasteiger partial charge >= 0.3 is 0 Å². The standard InChI is InChI=1S/C24H28ClN3O4S/c1-16(2)14-27-33(29,30)23-8-6-5-7-17(23)12-21-20(25)15-26-24(28-21)13-18-11-19(31-3)9-10-22(18)32-4/h5-11,15-16,27H,12-14H2,1-4H3. The van der Waals surface area contributed by atoms with Crippen LogP contribution >= 0.6 is 11.6 Å². The van der Waals surface area contributed by atoms with E-state index in [2.05, 4.69) is 14.7 Å². The fraction of sp³-hybridized carbons (Fsp3) is 0.333. The van der Waals surface area contributed by atoms with E-state index in [9.17, 15) is 8.42 Å². The summed E-state index contributed by atoms with van der Waals surface area (Å²) < 4.78 is 39.2. The van der Waals surface area contributed by atoms with Gasteiger partial charge in [-0.1, -0.05) is 43.6 Å². The Bertz CT molecular complexity index is 1220. The number of ether oxygens (including phenoxy) is 2. The molecule has 0 fully saturated rings. The van der Waals surface area contributed by atoms with Crippen molar-refractivity contribution < 1.29 is 17.9 Å². The van der Waals surface area contributed by atoms with E-state index in [0.717, 1.165) is 5.56 Å². The highest BCUT2D eigenvalue weighted by Crippen LogP contribution is 2.27. The van der Waals surface area contributed by atoms with E-state index in [1.807, 2.05) is 32.0 Å². The largest absolute Gasteiger partial charge is 0.497 e. The molecule has 1 heterocycles. The first-order valence-corrected chi connectivity index (χ1v) is 12.4. The lowest BCUT2D eigenvalue weighted by atomic mass is 10.1. The molecule has 0 bridgehead atoms. The predicted octanol–water partition coefficient (Wildman–Crippen LogP) is 4.26. The van der Waals surface area contributed by atoms with Crippen molar-refractivity contribution in [2.45, 2.75) is 31.6 Å². The van der Waals surface area contributed by atoms with Crippen LogP contribution < -0.4 is 14.2 Å². The number of benzene rings is 2. The molecule has 0 unspecified atom stereocenters. The van der Waals surface area contributed by atoms with E-state index in [-0.39, 0.29) is 17.2 Å². The SMILES string of the molecule is COc1ccc(OC)c(Cc2ncc(Cl)c(Cc3ccccc3S(=O)(=O)NCC(C)C)n2)c1. The lowest BCUT2D eigenvalue weighted by Crippen LogP contribution is -2.28. The second-order valence-corrected chi connectivity index (χ2v) is 10.1. The van der Waals surface area contributed by atoms with Crippen molar-refractivity contribution in [1.29, 1.82) is 0 Å². The molecular formula is C24H28ClN3O4S. The highest BCUT2D eigenvalue weighted by molar-refractivity contribution is 7.89. The summed E-state index contributed by atoms with van der Waals surface area (Å²) in [6.07, 6.45) is 2.20. The van der Waals surface area contributed by atoms with Crippen LogP contribution in [0.25, 0.3) is 0 Å². The minimum atomic E-state index is -3.66. The Morgan fingerprint density at radius 3 is 2.48 bits per heavy atom. The minimum absolute atomic E-state index is 0.194. The first kappa shape index (κ1) is 25.0. The van der Waals surface area contributed by atoms with E-state index in [0.29, 0.717) is 46.6 Å². The molecule has 0 saturated carbocycles. The van der Waals surface area contributed by atoms with Crippen molar-refractivity contribution in [1.82, 2.24) is 14.7 Å². The van der Waals surface area contributed by atoms with Gasteiger partial charge in [-0.15, -0.1) is 0 Å². The van der Waals surface area contributed by atoms with Gasteiger partial charge in [-0.3, -0.25) is 0 Å². The molecule has 0 amide bonds. The maximum atomic E-state index is 12.9. The maximum Gasteiger partial charge on any atom is 0.240 e. The Kier molecular flexibility index (Phi) is 8.29. The lowest BCUT2D eigenvalue weighted by molar-refractivity contribution is 0.399. The van der Waals surface area contributed by atoms with Crippen molar-refractivity contribution in [2.75, 3.05) is 20.8 Å². The normalized spacial score (nSPS) is 11.6. The zero-order valence-electron chi connectivity index (χ0n) is 19.1. The van der Waals surface area contributed by atoms with Crippen LogP contribution in [0.3, 0.4) is 0 Å². The Morgan fingerprint density at radius 2 is 1.79 bits per heavy atom. The number of hydrogen-bond acceptors (Lipinski definition) is 6. The van der Waals surface area contributed by atoms with E-state index < -0.39 is 10.0 Å². The number of hydrogen-bond donors (Lipinski definition) is 1. The fourth-order valence-corrected chi connectivity index (χ4v) is 4.90. The highest BCUT2D eigenvalue weighted by atomic mass is 35.5. The molecule has 0 aliphatic heterocycles. The predicted molar refractivity (Wildman–Crippen MR) is 129 cm³/mol. The Balaban J connectivity index is 1.91. The second-order valence-electron chi connectivity index (χ2n) is 7.97. The molecule has 0 saturated heterocycles. The molecule has 0 atom stereocenters. The van der Waals surface area contributed by atoms with Crippen LogP contribution in [0.4, 0.5) is 0 Å². The summed E-state index contributed by atoms with van der Waals surface area (Å²) in [5, 5.41) is 0.374. The smallest absolute Gasteiger partial charge is 0.240 e. The quantitative estimate of drug-likeness (QED) is 0.457. The van der Waals surface area contributed by atoms with Crippen molar-refractivity contribution in [3.8, 4) is 11.5 Å². The molecule has 3 rings (SSSR count). The third-order valence-corrected chi connectivity index (χ3v) is 6.84. The van der Waals surface area contributed by atoms with Crippen LogP contribution in [0.1, 0.15) is 36.5 Å². The van der Waals surface area contributed by atoms with Gasteiger partial charge in [-0.2, -0.15) is 0 Å². The fourth-order valence-electron chi connectivity index (χ4n) is 3.29. The molecule has 9 heteroatoms. The molecule has 2 aromatic carbocycles. The van der Waals surface area contributed by atoms with Crippen LogP contribution in [0.15, 0.2) is 53.6 Å². The number of aromatic nitrogens is 2. The van der Waals surface area contributed by atoms with Gasteiger partial charge < -0.3 is 9.47 Å². The molecular weight excluding hydrogens is 462 g/mol. The molecule has 0 spiro atoms. The average Bonchev–Trinajstić information content (AvgIpc) is 2.80. The number of methoxy groups -OCH3 is 2. The van der Waals surface area contributed by atoms with E-state index in [1.165, 1.54) is 0 Å². The Morgan fingerprint density at radius 1 is 1.03 bits per heavy atom. The van der Waals surface area contributed by atoms with Gasteiger partial charge in [0, 0.05) is 31.1 Å². The van der Waals surface area contributed by atoms with Crippen molar-refractivity contribution in [2.24, 2.45) is 5.92 Å². The van der Waals surface area contributed by atoms with Gasteiger partial charge in [0.2, 0.25) is 10.0 Å². The zero-order valence-corrected chi connectivity index (χ0v) is 20.7. The molecule has 176 valence electrons. The molecule has 3 aromatic rings. The second kappa shape index (κ2) is 11.0. The highest BCUT2D eigenvalue weighted by Gasteiger charge is 2.20. The molecule has 1 N–H and O–H groups in total. The number of sulfonamides is 1. The average molecular weight is 490 g/mol. The van der Waals surface area contributed by atoms with Crippen LogP contribution in [-0.2, 0) is 22.9 Å². The molecule has 33 heavy (non-hydrogen) atoms. The maximum absolute atomic E-state index is 12.9. The van der Waals surface area contributed by atoms with Gasteiger partial charge in [-0.25, -0.2) is 23.1 Å². The Labute approximate surface area is 200 Å². The summed E-state index contributed by atoms with van der Waals surface area (Å²) in [5.41, 5.74) is 2.03. The van der Waals surface area contributed by atoms with E-state index >= 15 is 0 Å². The van der Waals surface area contributed by atoms with Gasteiger partial charge in [-0.05, 0) is 35.7 Å². The summed E-state index contributed by atoms with van der Waals surface area (Å²) in [5.74, 6) is 2.13. The molecule has 0 aliphatic rings. The Hall–Kier alpha value is -2.68. The first-order chi connectivity index (χ1) is 15.7. The molecule has 7 nitrogen and oxygen atoms in total. The summed E-state index contributed by atoms with van der Waals surface area (Å²) in [6, 6.07) is 12.4. The monoisotopic (exact) mass is 489 g/mol. The first-order valence-electron chi connectivity index (χ1n) is 10.5. The van der Waals surface area contributed by atoms with E-state index in [4.69, 9.17) is 21.1 Å². The lowest BCUT2D eigenvalue weighted by Gasteiger charge is -2.14. The van der Waals surface area contributed by atoms with Crippen LogP contribution in [0.2, 0.25) is 5.02 Å². The third kappa shape index (κ3) is 6.43. The van der Waals surface area contributed by atoms with Crippen molar-refractivity contribution >= 4 is 21.6 Å². The van der Waals surface area contributed by atoms with Gasteiger partial charge in [0.15, 0.2) is 0 Å². The van der Waals surface area contributed by atoms with Crippen LogP contribution in [0, 0.1) is 5.92 Å². The van der Waals surface area contributed by atoms with Crippen molar-refractivity contribution in [3.63, 3.8) is 0 Å². The van der Waals surface area contributed by atoms with Crippen LogP contribution in [0.5, 0.6) is 11.5 Å². The topological polar surface area (TPSA) is 90.4 Å². The van der Waals surface area contributed by atoms with Gasteiger partial charge in [0.05, 0.1) is 29.8 Å². The zero-order chi connectivity index (χ0) is 24.0. The summed E-state index contributed by atoms with van der Waals surface area (Å²) >= 11 is 6.39. The number of nitrogens with one attached hydrogen (secondary N) is 1. The summed E-state index contributed by atoms with van der Waals surface area (Å²) in [7, 11) is -0.459.